The van der Waals surface area contributed by atoms with E-state index < -0.39 is 0 Å². The van der Waals surface area contributed by atoms with Crippen LogP contribution >= 0.6 is 23.1 Å². The van der Waals surface area contributed by atoms with E-state index in [0.29, 0.717) is 5.92 Å². The van der Waals surface area contributed by atoms with Crippen LogP contribution in [0, 0.1) is 11.8 Å². The molecule has 2 N–H and O–H groups in total. The number of rotatable bonds is 4. The number of carbonyl (C=O) groups is 1. The third-order valence-electron chi connectivity index (χ3n) is 4.01. The minimum atomic E-state index is 0.173. The number of hydrogen-bond donors (Lipinski definition) is 1. The molecule has 0 bridgehead atoms. The predicted octanol–water partition coefficient (Wildman–Crippen LogP) is 2.67. The van der Waals surface area contributed by atoms with Crippen molar-refractivity contribution in [3.8, 4) is 0 Å². The van der Waals surface area contributed by atoms with E-state index in [-0.39, 0.29) is 11.9 Å². The fraction of sp³-hybridized carbons (Fsp3) is 0.643. The van der Waals surface area contributed by atoms with Crippen LogP contribution in [0.5, 0.6) is 0 Å². The largest absolute Gasteiger partial charge is 0.336 e. The van der Waals surface area contributed by atoms with Gasteiger partial charge in [0.25, 0.3) is 5.91 Å². The third kappa shape index (κ3) is 2.83. The summed E-state index contributed by atoms with van der Waals surface area (Å²) in [6, 6.07) is 4.20. The molecule has 2 fully saturated rings. The van der Waals surface area contributed by atoms with Crippen LogP contribution in [-0.4, -0.2) is 35.7 Å². The van der Waals surface area contributed by atoms with E-state index in [1.807, 2.05) is 11.0 Å². The molecule has 2 unspecified atom stereocenters. The summed E-state index contributed by atoms with van der Waals surface area (Å²) in [6.07, 6.45) is 2.60. The maximum atomic E-state index is 12.5. The Balaban J connectivity index is 1.66. The average Bonchev–Trinajstić information content (AvgIpc) is 3.00. The molecule has 3 nitrogen and oxygen atoms in total. The first-order chi connectivity index (χ1) is 9.19. The molecule has 104 valence electrons. The van der Waals surface area contributed by atoms with Crippen molar-refractivity contribution < 1.29 is 4.79 Å². The highest BCUT2D eigenvalue weighted by Crippen LogP contribution is 2.41. The van der Waals surface area contributed by atoms with Crippen LogP contribution < -0.4 is 5.73 Å². The van der Waals surface area contributed by atoms with Crippen molar-refractivity contribution in [2.24, 2.45) is 17.6 Å². The van der Waals surface area contributed by atoms with Gasteiger partial charge in [0.1, 0.15) is 0 Å². The molecular formula is C14H20N2OS2. The standard InChI is InChI=1S/C14H20N2OS2/c1-2-18-13-6-5-12(19-13)14(17)16-7-10(9-3-4-9)11(15)8-16/h5-6,9-11H,2-4,7-8,15H2,1H3. The smallest absolute Gasteiger partial charge is 0.264 e. The fourth-order valence-corrected chi connectivity index (χ4v) is 4.87. The normalized spacial score (nSPS) is 26.9. The van der Waals surface area contributed by atoms with Gasteiger partial charge in [-0.2, -0.15) is 0 Å². The number of hydrogen-bond acceptors (Lipinski definition) is 4. The van der Waals surface area contributed by atoms with Crippen molar-refractivity contribution in [1.29, 1.82) is 0 Å². The Morgan fingerprint density at radius 3 is 2.95 bits per heavy atom. The minimum absolute atomic E-state index is 0.173. The summed E-state index contributed by atoms with van der Waals surface area (Å²) in [5, 5.41) is 0. The first kappa shape index (κ1) is 13.5. The summed E-state index contributed by atoms with van der Waals surface area (Å²) < 4.78 is 1.23. The Morgan fingerprint density at radius 1 is 1.47 bits per heavy atom. The van der Waals surface area contributed by atoms with Gasteiger partial charge < -0.3 is 10.6 Å². The predicted molar refractivity (Wildman–Crippen MR) is 80.8 cm³/mol. The second-order valence-corrected chi connectivity index (χ2v) is 8.08. The number of nitrogens with zero attached hydrogens (tertiary/aromatic N) is 1. The SMILES string of the molecule is CCSc1ccc(C(=O)N2CC(N)C(C3CC3)C2)s1. The second-order valence-electron chi connectivity index (χ2n) is 5.43. The Morgan fingerprint density at radius 2 is 2.26 bits per heavy atom. The molecule has 0 aromatic carbocycles. The van der Waals surface area contributed by atoms with Gasteiger partial charge in [-0.3, -0.25) is 4.79 Å². The van der Waals surface area contributed by atoms with Crippen molar-refractivity contribution >= 4 is 29.0 Å². The quantitative estimate of drug-likeness (QED) is 0.869. The highest BCUT2D eigenvalue weighted by atomic mass is 32.2. The molecule has 2 atom stereocenters. The Kier molecular flexibility index (Phi) is 3.87. The summed E-state index contributed by atoms with van der Waals surface area (Å²) in [6.45, 7) is 3.72. The van der Waals surface area contributed by atoms with Gasteiger partial charge in [0.2, 0.25) is 0 Å². The molecule has 5 heteroatoms. The van der Waals surface area contributed by atoms with Gasteiger partial charge in [-0.05, 0) is 42.6 Å². The fourth-order valence-electron chi connectivity index (χ4n) is 2.85. The molecule has 1 saturated heterocycles. The first-order valence-corrected chi connectivity index (χ1v) is 8.76. The lowest BCUT2D eigenvalue weighted by molar-refractivity contribution is 0.0789. The second kappa shape index (κ2) is 5.46. The number of amides is 1. The summed E-state index contributed by atoms with van der Waals surface area (Å²) >= 11 is 3.40. The van der Waals surface area contributed by atoms with Crippen LogP contribution in [0.25, 0.3) is 0 Å². The van der Waals surface area contributed by atoms with E-state index >= 15 is 0 Å². The van der Waals surface area contributed by atoms with Crippen molar-refractivity contribution in [2.75, 3.05) is 18.8 Å². The van der Waals surface area contributed by atoms with Gasteiger partial charge >= 0.3 is 0 Å². The van der Waals surface area contributed by atoms with Gasteiger partial charge in [0.15, 0.2) is 0 Å². The van der Waals surface area contributed by atoms with Gasteiger partial charge in [0, 0.05) is 19.1 Å². The Hall–Kier alpha value is -0.520. The highest BCUT2D eigenvalue weighted by molar-refractivity contribution is 8.01. The van der Waals surface area contributed by atoms with Gasteiger partial charge in [-0.15, -0.1) is 23.1 Å². The van der Waals surface area contributed by atoms with E-state index in [1.54, 1.807) is 23.1 Å². The van der Waals surface area contributed by atoms with Crippen molar-refractivity contribution in [3.63, 3.8) is 0 Å². The van der Waals surface area contributed by atoms with Gasteiger partial charge in [-0.1, -0.05) is 6.92 Å². The molecule has 1 aromatic rings. The van der Waals surface area contributed by atoms with Crippen molar-refractivity contribution in [1.82, 2.24) is 4.90 Å². The molecule has 1 amide bonds. The van der Waals surface area contributed by atoms with E-state index in [9.17, 15) is 4.79 Å². The minimum Gasteiger partial charge on any atom is -0.336 e. The molecule has 19 heavy (non-hydrogen) atoms. The lowest BCUT2D eigenvalue weighted by Gasteiger charge is -2.14. The molecule has 2 heterocycles. The molecule has 3 rings (SSSR count). The molecule has 0 radical (unpaired) electrons. The number of thioether (sulfide) groups is 1. The molecule has 1 saturated carbocycles. The summed E-state index contributed by atoms with van der Waals surface area (Å²) in [4.78, 5) is 15.3. The average molecular weight is 296 g/mol. The van der Waals surface area contributed by atoms with Crippen LogP contribution in [-0.2, 0) is 0 Å². The highest BCUT2D eigenvalue weighted by Gasteiger charge is 2.42. The number of nitrogens with two attached hydrogens (primary N) is 1. The number of carbonyl (C=O) groups excluding carboxylic acids is 1. The monoisotopic (exact) mass is 296 g/mol. The zero-order valence-electron chi connectivity index (χ0n) is 11.2. The lowest BCUT2D eigenvalue weighted by atomic mass is 9.99. The number of thiophene rings is 1. The zero-order chi connectivity index (χ0) is 13.4. The third-order valence-corrected chi connectivity index (χ3v) is 6.19. The van der Waals surface area contributed by atoms with Crippen LogP contribution in [0.4, 0.5) is 0 Å². The van der Waals surface area contributed by atoms with Crippen molar-refractivity contribution in [2.45, 2.75) is 30.0 Å². The molecule has 1 aliphatic carbocycles. The van der Waals surface area contributed by atoms with E-state index in [1.165, 1.54) is 17.1 Å². The summed E-state index contributed by atoms with van der Waals surface area (Å²) in [5.41, 5.74) is 6.18. The van der Waals surface area contributed by atoms with Gasteiger partial charge in [0.05, 0.1) is 9.09 Å². The maximum Gasteiger partial charge on any atom is 0.264 e. The van der Waals surface area contributed by atoms with Gasteiger partial charge in [-0.25, -0.2) is 0 Å². The Bertz CT molecular complexity index is 470. The van der Waals surface area contributed by atoms with Crippen LogP contribution in [0.15, 0.2) is 16.3 Å². The molecule has 2 aliphatic rings. The topological polar surface area (TPSA) is 46.3 Å². The molecule has 1 aliphatic heterocycles. The zero-order valence-corrected chi connectivity index (χ0v) is 12.8. The summed E-state index contributed by atoms with van der Waals surface area (Å²) in [5.74, 6) is 2.54. The summed E-state index contributed by atoms with van der Waals surface area (Å²) in [7, 11) is 0. The van der Waals surface area contributed by atoms with E-state index in [0.717, 1.165) is 29.6 Å². The molecular weight excluding hydrogens is 276 g/mol. The van der Waals surface area contributed by atoms with Crippen LogP contribution in [0.3, 0.4) is 0 Å². The van der Waals surface area contributed by atoms with E-state index in [4.69, 9.17) is 5.73 Å². The van der Waals surface area contributed by atoms with Crippen LogP contribution in [0.2, 0.25) is 0 Å². The first-order valence-electron chi connectivity index (χ1n) is 6.96. The van der Waals surface area contributed by atoms with E-state index in [2.05, 4.69) is 13.0 Å². The molecule has 1 aromatic heterocycles. The maximum absolute atomic E-state index is 12.5. The number of likely N-dealkylation sites (tertiary alicyclic amines) is 1. The Labute approximate surface area is 122 Å². The molecule has 0 spiro atoms. The van der Waals surface area contributed by atoms with Crippen LogP contribution in [0.1, 0.15) is 29.4 Å². The van der Waals surface area contributed by atoms with Crippen molar-refractivity contribution in [3.05, 3.63) is 17.0 Å². The lowest BCUT2D eigenvalue weighted by Crippen LogP contribution is -2.32.